The van der Waals surface area contributed by atoms with Gasteiger partial charge in [-0.2, -0.15) is 9.78 Å². The van der Waals surface area contributed by atoms with Gasteiger partial charge < -0.3 is 5.32 Å². The zero-order valence-electron chi connectivity index (χ0n) is 14.8. The summed E-state index contributed by atoms with van der Waals surface area (Å²) in [6.07, 6.45) is 1.70. The molecule has 1 N–H and O–H groups in total. The number of amides is 1. The first-order valence-corrected chi connectivity index (χ1v) is 8.88. The Morgan fingerprint density at radius 3 is 2.54 bits per heavy atom. The van der Waals surface area contributed by atoms with Gasteiger partial charge in [0.2, 0.25) is 5.69 Å². The van der Waals surface area contributed by atoms with Crippen LogP contribution in [0, 0.1) is 5.82 Å². The van der Waals surface area contributed by atoms with Gasteiger partial charge in [0.15, 0.2) is 0 Å². The molecule has 0 radical (unpaired) electrons. The Balaban J connectivity index is 1.86. The van der Waals surface area contributed by atoms with Crippen molar-refractivity contribution in [2.24, 2.45) is 0 Å². The van der Waals surface area contributed by atoms with Crippen LogP contribution in [0.15, 0.2) is 64.2 Å². The zero-order chi connectivity index (χ0) is 19.7. The average Bonchev–Trinajstić information content (AvgIpc) is 3.50. The molecule has 2 aromatic carbocycles. The molecule has 7 nitrogen and oxygen atoms in total. The lowest BCUT2D eigenvalue weighted by molar-refractivity contribution is 0.0941. The molecular formula is C20H17FN4O3. The summed E-state index contributed by atoms with van der Waals surface area (Å²) in [6, 6.07) is 14.1. The van der Waals surface area contributed by atoms with Gasteiger partial charge in [0, 0.05) is 6.04 Å². The number of benzene rings is 2. The Kier molecular flexibility index (Phi) is 4.60. The van der Waals surface area contributed by atoms with Gasteiger partial charge in [-0.1, -0.05) is 30.3 Å². The molecule has 0 unspecified atom stereocenters. The van der Waals surface area contributed by atoms with Gasteiger partial charge in [-0.15, -0.1) is 0 Å². The summed E-state index contributed by atoms with van der Waals surface area (Å²) in [6.45, 7) is -0.172. The molecule has 28 heavy (non-hydrogen) atoms. The summed E-state index contributed by atoms with van der Waals surface area (Å²) in [7, 11) is 0. The minimum atomic E-state index is -0.806. The van der Waals surface area contributed by atoms with Crippen LogP contribution in [0.5, 0.6) is 0 Å². The summed E-state index contributed by atoms with van der Waals surface area (Å²) < 4.78 is 15.4. The Morgan fingerprint density at radius 2 is 1.86 bits per heavy atom. The highest BCUT2D eigenvalue weighted by molar-refractivity contribution is 5.92. The van der Waals surface area contributed by atoms with E-state index in [0.29, 0.717) is 11.3 Å². The van der Waals surface area contributed by atoms with E-state index in [-0.39, 0.29) is 18.3 Å². The van der Waals surface area contributed by atoms with Gasteiger partial charge in [-0.3, -0.25) is 14.2 Å². The largest absolute Gasteiger partial charge is 0.352 e. The predicted octanol–water partition coefficient (Wildman–Crippen LogP) is 1.47. The number of hydrogen-bond donors (Lipinski definition) is 1. The molecule has 1 heterocycles. The van der Waals surface area contributed by atoms with Crippen molar-refractivity contribution in [3.05, 3.63) is 92.5 Å². The summed E-state index contributed by atoms with van der Waals surface area (Å²) >= 11 is 0. The molecular weight excluding hydrogens is 363 g/mol. The normalized spacial score (nSPS) is 13.3. The van der Waals surface area contributed by atoms with Crippen LogP contribution in [0.1, 0.15) is 28.9 Å². The third kappa shape index (κ3) is 3.62. The Hall–Kier alpha value is -3.55. The van der Waals surface area contributed by atoms with Gasteiger partial charge in [-0.05, 0) is 42.7 Å². The molecule has 3 aromatic rings. The van der Waals surface area contributed by atoms with E-state index >= 15 is 0 Å². The summed E-state index contributed by atoms with van der Waals surface area (Å²) in [5.74, 6) is -1.10. The van der Waals surface area contributed by atoms with Crippen LogP contribution in [0.4, 0.5) is 4.39 Å². The lowest BCUT2D eigenvalue weighted by Crippen LogP contribution is -2.46. The van der Waals surface area contributed by atoms with E-state index in [1.807, 2.05) is 0 Å². The highest BCUT2D eigenvalue weighted by Gasteiger charge is 2.27. The van der Waals surface area contributed by atoms with Gasteiger partial charge >= 0.3 is 5.69 Å². The van der Waals surface area contributed by atoms with Crippen molar-refractivity contribution in [3.8, 4) is 5.69 Å². The number of rotatable bonds is 5. The molecule has 0 aliphatic heterocycles. The maximum absolute atomic E-state index is 13.5. The van der Waals surface area contributed by atoms with Crippen molar-refractivity contribution in [1.82, 2.24) is 19.7 Å². The van der Waals surface area contributed by atoms with Gasteiger partial charge in [0.25, 0.3) is 11.5 Å². The van der Waals surface area contributed by atoms with Crippen molar-refractivity contribution in [3.63, 3.8) is 0 Å². The van der Waals surface area contributed by atoms with E-state index in [2.05, 4.69) is 10.4 Å². The monoisotopic (exact) mass is 380 g/mol. The van der Waals surface area contributed by atoms with Gasteiger partial charge in [0.05, 0.1) is 12.2 Å². The SMILES string of the molecule is O=C(NC1CC1)c1nn(-c2ccccc2)c(=O)n(Cc2cccc(F)c2)c1=O. The van der Waals surface area contributed by atoms with Crippen molar-refractivity contribution >= 4 is 5.91 Å². The van der Waals surface area contributed by atoms with E-state index in [4.69, 9.17) is 0 Å². The van der Waals surface area contributed by atoms with E-state index in [1.165, 1.54) is 18.2 Å². The third-order valence-corrected chi connectivity index (χ3v) is 4.42. The van der Waals surface area contributed by atoms with Crippen LogP contribution in [-0.4, -0.2) is 26.3 Å². The first kappa shape index (κ1) is 17.8. The molecule has 1 aliphatic carbocycles. The molecule has 1 amide bonds. The van der Waals surface area contributed by atoms with Gasteiger partial charge in [0.1, 0.15) is 5.82 Å². The van der Waals surface area contributed by atoms with Crippen molar-refractivity contribution in [1.29, 1.82) is 0 Å². The highest BCUT2D eigenvalue weighted by atomic mass is 19.1. The molecule has 4 rings (SSSR count). The Bertz CT molecular complexity index is 1150. The van der Waals surface area contributed by atoms with Crippen LogP contribution < -0.4 is 16.6 Å². The maximum Gasteiger partial charge on any atom is 0.352 e. The fourth-order valence-electron chi connectivity index (χ4n) is 2.83. The highest BCUT2D eigenvalue weighted by Crippen LogP contribution is 2.18. The van der Waals surface area contributed by atoms with Crippen LogP contribution in [0.25, 0.3) is 5.69 Å². The molecule has 1 aromatic heterocycles. The smallest absolute Gasteiger partial charge is 0.348 e. The molecule has 1 aliphatic rings. The minimum absolute atomic E-state index is 0.0301. The van der Waals surface area contributed by atoms with Crippen molar-refractivity contribution < 1.29 is 9.18 Å². The van der Waals surface area contributed by atoms with Crippen molar-refractivity contribution in [2.45, 2.75) is 25.4 Å². The summed E-state index contributed by atoms with van der Waals surface area (Å²) in [5.41, 5.74) is -1.03. The second kappa shape index (κ2) is 7.22. The first-order chi connectivity index (χ1) is 13.5. The van der Waals surface area contributed by atoms with Gasteiger partial charge in [-0.25, -0.2) is 9.18 Å². The molecule has 142 valence electrons. The molecule has 1 fully saturated rings. The number of halogens is 1. The summed E-state index contributed by atoms with van der Waals surface area (Å²) in [5, 5.41) is 6.75. The van der Waals surface area contributed by atoms with Crippen molar-refractivity contribution in [2.75, 3.05) is 0 Å². The van der Waals surface area contributed by atoms with Crippen LogP contribution in [-0.2, 0) is 6.54 Å². The Labute approximate surface area is 159 Å². The average molecular weight is 380 g/mol. The number of carbonyl (C=O) groups excluding carboxylic acids is 1. The van der Waals surface area contributed by atoms with E-state index in [9.17, 15) is 18.8 Å². The number of carbonyl (C=O) groups is 1. The number of hydrogen-bond acceptors (Lipinski definition) is 4. The minimum Gasteiger partial charge on any atom is -0.348 e. The first-order valence-electron chi connectivity index (χ1n) is 8.88. The van der Waals surface area contributed by atoms with E-state index in [1.54, 1.807) is 36.4 Å². The number of aromatic nitrogens is 3. The fourth-order valence-corrected chi connectivity index (χ4v) is 2.83. The lowest BCUT2D eigenvalue weighted by Gasteiger charge is -2.12. The van der Waals surface area contributed by atoms with E-state index < -0.39 is 23.0 Å². The number of para-hydroxylation sites is 1. The maximum atomic E-state index is 13.5. The zero-order valence-corrected chi connectivity index (χ0v) is 14.8. The quantitative estimate of drug-likeness (QED) is 0.726. The molecule has 0 spiro atoms. The second-order valence-electron chi connectivity index (χ2n) is 6.65. The second-order valence-corrected chi connectivity index (χ2v) is 6.65. The molecule has 0 saturated heterocycles. The molecule has 0 bridgehead atoms. The van der Waals surface area contributed by atoms with Crippen LogP contribution in [0.3, 0.4) is 0 Å². The third-order valence-electron chi connectivity index (χ3n) is 4.42. The fraction of sp³-hybridized carbons (Fsp3) is 0.200. The molecule has 1 saturated carbocycles. The number of nitrogens with one attached hydrogen (secondary N) is 1. The topological polar surface area (TPSA) is 86.0 Å². The lowest BCUT2D eigenvalue weighted by atomic mass is 10.2. The molecule has 8 heteroatoms. The number of nitrogens with zero attached hydrogens (tertiary/aromatic N) is 3. The van der Waals surface area contributed by atoms with E-state index in [0.717, 1.165) is 22.1 Å². The molecule has 0 atom stereocenters. The van der Waals surface area contributed by atoms with Crippen LogP contribution in [0.2, 0.25) is 0 Å². The Morgan fingerprint density at radius 1 is 1.11 bits per heavy atom. The summed E-state index contributed by atoms with van der Waals surface area (Å²) in [4.78, 5) is 38.3. The standard InChI is InChI=1S/C20H17FN4O3/c21-14-6-4-5-13(11-14)12-24-19(27)17(18(26)22-15-9-10-15)23-25(20(24)28)16-7-2-1-3-8-16/h1-8,11,15H,9-10,12H2,(H,22,26). The predicted molar refractivity (Wildman–Crippen MR) is 100 cm³/mol. The van der Waals surface area contributed by atoms with Crippen LogP contribution >= 0.6 is 0 Å².